The van der Waals surface area contributed by atoms with Gasteiger partial charge in [-0.1, -0.05) is 12.1 Å². The van der Waals surface area contributed by atoms with Crippen LogP contribution < -0.4 is 4.72 Å². The van der Waals surface area contributed by atoms with Crippen LogP contribution in [0.25, 0.3) is 0 Å². The van der Waals surface area contributed by atoms with Gasteiger partial charge in [0.15, 0.2) is 0 Å². The average Bonchev–Trinajstić information content (AvgIpc) is 2.93. The van der Waals surface area contributed by atoms with Crippen molar-refractivity contribution in [1.82, 2.24) is 4.72 Å². The Morgan fingerprint density at radius 1 is 1.23 bits per heavy atom. The van der Waals surface area contributed by atoms with E-state index in [1.807, 2.05) is 0 Å². The van der Waals surface area contributed by atoms with Crippen LogP contribution in [0.1, 0.15) is 34.8 Å². The smallest absolute Gasteiger partial charge is 0.339 e. The minimum Gasteiger partial charge on any atom is -0.465 e. The number of ether oxygens (including phenoxy) is 1. The summed E-state index contributed by atoms with van der Waals surface area (Å²) in [5.74, 6) is 0.482. The van der Waals surface area contributed by atoms with Gasteiger partial charge in [0.25, 0.3) is 0 Å². The highest BCUT2D eigenvalue weighted by molar-refractivity contribution is 7.89. The number of esters is 1. The third-order valence-corrected chi connectivity index (χ3v) is 4.70. The van der Waals surface area contributed by atoms with Gasteiger partial charge in [-0.15, -0.1) is 0 Å². The highest BCUT2D eigenvalue weighted by Crippen LogP contribution is 2.21. The van der Waals surface area contributed by atoms with E-state index in [0.717, 1.165) is 0 Å². The van der Waals surface area contributed by atoms with Gasteiger partial charge in [-0.2, -0.15) is 0 Å². The maximum atomic E-state index is 12.5. The highest BCUT2D eigenvalue weighted by Gasteiger charge is 2.25. The summed E-state index contributed by atoms with van der Waals surface area (Å²) in [6.07, 6.45) is 0. The minimum absolute atomic E-state index is 0.0136. The fourth-order valence-electron chi connectivity index (χ4n) is 2.02. The topological polar surface area (TPSA) is 85.6 Å². The predicted molar refractivity (Wildman–Crippen MR) is 80.0 cm³/mol. The molecule has 1 aromatic carbocycles. The van der Waals surface area contributed by atoms with E-state index >= 15 is 0 Å². The summed E-state index contributed by atoms with van der Waals surface area (Å²) in [5.41, 5.74) is -0.0136. The molecule has 2 rings (SSSR count). The van der Waals surface area contributed by atoms with Gasteiger partial charge >= 0.3 is 5.97 Å². The fraction of sp³-hybridized carbons (Fsp3) is 0.267. The van der Waals surface area contributed by atoms with Crippen LogP contribution in [0.3, 0.4) is 0 Å². The summed E-state index contributed by atoms with van der Waals surface area (Å²) in [5, 5.41) is 0. The molecule has 0 bridgehead atoms. The van der Waals surface area contributed by atoms with E-state index in [-0.39, 0.29) is 10.5 Å². The van der Waals surface area contributed by atoms with Crippen LogP contribution in [-0.4, -0.2) is 21.5 Å². The van der Waals surface area contributed by atoms with Gasteiger partial charge in [0, 0.05) is 0 Å². The Labute approximate surface area is 129 Å². The molecular formula is C15H17NO5S. The van der Waals surface area contributed by atoms with E-state index in [9.17, 15) is 13.2 Å². The van der Waals surface area contributed by atoms with Gasteiger partial charge in [0.2, 0.25) is 10.0 Å². The van der Waals surface area contributed by atoms with Crippen molar-refractivity contribution in [2.45, 2.75) is 24.8 Å². The van der Waals surface area contributed by atoms with Crippen LogP contribution >= 0.6 is 0 Å². The maximum absolute atomic E-state index is 12.5. The Bertz CT molecular complexity index is 779. The summed E-state index contributed by atoms with van der Waals surface area (Å²) in [6.45, 7) is 3.44. The molecule has 0 aliphatic rings. The molecule has 0 aliphatic carbocycles. The second-order valence-electron chi connectivity index (χ2n) is 4.78. The molecule has 0 fully saturated rings. The molecule has 1 heterocycles. The number of methoxy groups -OCH3 is 1. The second kappa shape index (κ2) is 6.33. The van der Waals surface area contributed by atoms with Crippen LogP contribution in [0.2, 0.25) is 0 Å². The van der Waals surface area contributed by atoms with E-state index in [4.69, 9.17) is 4.42 Å². The quantitative estimate of drug-likeness (QED) is 0.854. The number of nitrogens with one attached hydrogen (secondary N) is 1. The minimum atomic E-state index is -3.90. The molecular weight excluding hydrogens is 306 g/mol. The van der Waals surface area contributed by atoms with Crippen LogP contribution in [0.4, 0.5) is 0 Å². The molecule has 1 atom stereocenters. The molecule has 118 valence electrons. The summed E-state index contributed by atoms with van der Waals surface area (Å²) < 4.78 is 37.5. The highest BCUT2D eigenvalue weighted by atomic mass is 32.2. The van der Waals surface area contributed by atoms with Crippen molar-refractivity contribution >= 4 is 16.0 Å². The summed E-state index contributed by atoms with van der Waals surface area (Å²) in [7, 11) is -2.69. The number of carbonyl (C=O) groups is 1. The largest absolute Gasteiger partial charge is 0.465 e. The van der Waals surface area contributed by atoms with Gasteiger partial charge < -0.3 is 9.15 Å². The standard InChI is InChI=1S/C15H17NO5S/c1-10-8-9-13(21-10)11(2)16-22(18,19)14-7-5-4-6-12(14)15(17)20-3/h4-9,11,16H,1-3H3/t11-/m0/s1. The van der Waals surface area contributed by atoms with Gasteiger partial charge in [0.05, 0.1) is 23.6 Å². The van der Waals surface area contributed by atoms with E-state index in [0.29, 0.717) is 11.5 Å². The number of hydrogen-bond donors (Lipinski definition) is 1. The molecule has 0 saturated carbocycles. The van der Waals surface area contributed by atoms with Gasteiger partial charge in [-0.05, 0) is 38.1 Å². The number of carbonyl (C=O) groups excluding carboxylic acids is 1. The first-order valence-electron chi connectivity index (χ1n) is 6.61. The number of sulfonamides is 1. The van der Waals surface area contributed by atoms with Gasteiger partial charge in [0.1, 0.15) is 11.5 Å². The lowest BCUT2D eigenvalue weighted by molar-refractivity contribution is 0.0596. The third-order valence-electron chi connectivity index (χ3n) is 3.10. The normalized spacial score (nSPS) is 12.9. The number of rotatable bonds is 5. The first kappa shape index (κ1) is 16.3. The number of benzene rings is 1. The lowest BCUT2D eigenvalue weighted by Crippen LogP contribution is -2.28. The second-order valence-corrected chi connectivity index (χ2v) is 6.46. The third kappa shape index (κ3) is 3.37. The molecule has 0 spiro atoms. The lowest BCUT2D eigenvalue weighted by atomic mass is 10.2. The molecule has 0 aliphatic heterocycles. The van der Waals surface area contributed by atoms with Gasteiger partial charge in [-0.25, -0.2) is 17.9 Å². The van der Waals surface area contributed by atoms with Crippen molar-refractivity contribution in [3.63, 3.8) is 0 Å². The zero-order chi connectivity index (χ0) is 16.3. The Morgan fingerprint density at radius 3 is 2.50 bits per heavy atom. The Morgan fingerprint density at radius 2 is 1.91 bits per heavy atom. The predicted octanol–water partition coefficient (Wildman–Crippen LogP) is 2.41. The average molecular weight is 323 g/mol. The molecule has 0 radical (unpaired) electrons. The fourth-order valence-corrected chi connectivity index (χ4v) is 3.43. The molecule has 22 heavy (non-hydrogen) atoms. The summed E-state index contributed by atoms with van der Waals surface area (Å²) in [6, 6.07) is 8.77. The molecule has 1 N–H and O–H groups in total. The number of hydrogen-bond acceptors (Lipinski definition) is 5. The molecule has 7 heteroatoms. The van der Waals surface area contributed by atoms with Crippen molar-refractivity contribution < 1.29 is 22.4 Å². The number of aryl methyl sites for hydroxylation is 1. The van der Waals surface area contributed by atoms with Crippen LogP contribution in [-0.2, 0) is 14.8 Å². The summed E-state index contributed by atoms with van der Waals surface area (Å²) in [4.78, 5) is 11.6. The SMILES string of the molecule is COC(=O)c1ccccc1S(=O)(=O)N[C@@H](C)c1ccc(C)o1. The van der Waals surface area contributed by atoms with E-state index in [2.05, 4.69) is 9.46 Å². The molecule has 6 nitrogen and oxygen atoms in total. The Hall–Kier alpha value is -2.12. The van der Waals surface area contributed by atoms with E-state index in [1.165, 1.54) is 19.2 Å². The monoisotopic (exact) mass is 323 g/mol. The van der Waals surface area contributed by atoms with Crippen molar-refractivity contribution in [3.8, 4) is 0 Å². The van der Waals surface area contributed by atoms with Crippen molar-refractivity contribution in [2.75, 3.05) is 7.11 Å². The van der Waals surface area contributed by atoms with E-state index < -0.39 is 22.0 Å². The maximum Gasteiger partial charge on any atom is 0.339 e. The van der Waals surface area contributed by atoms with Crippen molar-refractivity contribution in [1.29, 1.82) is 0 Å². The summed E-state index contributed by atoms with van der Waals surface area (Å²) >= 11 is 0. The molecule has 1 aromatic heterocycles. The van der Waals surface area contributed by atoms with Crippen LogP contribution in [0.5, 0.6) is 0 Å². The molecule has 0 unspecified atom stereocenters. The molecule has 0 amide bonds. The zero-order valence-electron chi connectivity index (χ0n) is 12.5. The Balaban J connectivity index is 2.33. The van der Waals surface area contributed by atoms with Crippen molar-refractivity contribution in [2.24, 2.45) is 0 Å². The molecule has 0 saturated heterocycles. The first-order chi connectivity index (χ1) is 10.3. The van der Waals surface area contributed by atoms with Gasteiger partial charge in [-0.3, -0.25) is 0 Å². The van der Waals surface area contributed by atoms with Crippen LogP contribution in [0.15, 0.2) is 45.7 Å². The lowest BCUT2D eigenvalue weighted by Gasteiger charge is -2.14. The molecule has 2 aromatic rings. The first-order valence-corrected chi connectivity index (χ1v) is 8.09. The Kier molecular flexibility index (Phi) is 4.68. The van der Waals surface area contributed by atoms with Crippen LogP contribution in [0, 0.1) is 6.92 Å². The zero-order valence-corrected chi connectivity index (χ0v) is 13.3. The van der Waals surface area contributed by atoms with E-state index in [1.54, 1.807) is 38.1 Å². The van der Waals surface area contributed by atoms with Crippen molar-refractivity contribution in [3.05, 3.63) is 53.5 Å². The number of furan rings is 1.